The summed E-state index contributed by atoms with van der Waals surface area (Å²) < 4.78 is 1.24. The van der Waals surface area contributed by atoms with Crippen molar-refractivity contribution in [2.75, 3.05) is 5.32 Å². The number of anilines is 1. The lowest BCUT2D eigenvalue weighted by atomic mass is 9.93. The molecule has 0 bridgehead atoms. The number of hydrogen-bond acceptors (Lipinski definition) is 4. The molecule has 1 saturated carbocycles. The Balaban J connectivity index is 2.16. The Labute approximate surface area is 100 Å². The van der Waals surface area contributed by atoms with Crippen LogP contribution in [0.15, 0.2) is 17.1 Å². The van der Waals surface area contributed by atoms with Gasteiger partial charge in [-0.2, -0.15) is 10.4 Å². The monoisotopic (exact) mass is 232 g/mol. The first-order valence-electron chi connectivity index (χ1n) is 5.99. The Bertz CT molecular complexity index is 484. The van der Waals surface area contributed by atoms with E-state index in [2.05, 4.69) is 16.5 Å². The van der Waals surface area contributed by atoms with Crippen LogP contribution < -0.4 is 10.9 Å². The maximum Gasteiger partial charge on any atom is 0.270 e. The lowest BCUT2D eigenvalue weighted by Gasteiger charge is -2.27. The molecule has 0 spiro atoms. The molecular weight excluding hydrogens is 216 g/mol. The fraction of sp³-hybridized carbons (Fsp3) is 0.583. The highest BCUT2D eigenvalue weighted by molar-refractivity contribution is 5.40. The van der Waals surface area contributed by atoms with Gasteiger partial charge in [-0.3, -0.25) is 4.79 Å². The molecule has 1 N–H and O–H groups in total. The van der Waals surface area contributed by atoms with E-state index in [1.165, 1.54) is 17.2 Å². The van der Waals surface area contributed by atoms with E-state index in [4.69, 9.17) is 5.26 Å². The topological polar surface area (TPSA) is 70.7 Å². The van der Waals surface area contributed by atoms with Crippen LogP contribution in [0.3, 0.4) is 0 Å². The molecule has 5 nitrogen and oxygen atoms in total. The van der Waals surface area contributed by atoms with Gasteiger partial charge in [0.1, 0.15) is 6.04 Å². The van der Waals surface area contributed by atoms with Crippen LogP contribution in [0.25, 0.3) is 0 Å². The maximum absolute atomic E-state index is 11.8. The van der Waals surface area contributed by atoms with Gasteiger partial charge in [0.15, 0.2) is 0 Å². The molecule has 1 unspecified atom stereocenters. The standard InChI is InChI=1S/C12H16N4O/c1-2-11(7-13)16-12(17)6-10(8-14-16)15-9-4-3-5-9/h6,8-9,11,15H,2-5H2,1H3. The van der Waals surface area contributed by atoms with Crippen LogP contribution in [0, 0.1) is 11.3 Å². The smallest absolute Gasteiger partial charge is 0.270 e. The van der Waals surface area contributed by atoms with E-state index >= 15 is 0 Å². The van der Waals surface area contributed by atoms with E-state index in [0.29, 0.717) is 12.5 Å². The lowest BCUT2D eigenvalue weighted by Crippen LogP contribution is -2.30. The van der Waals surface area contributed by atoms with Crippen LogP contribution in [0.2, 0.25) is 0 Å². The molecule has 1 aromatic heterocycles. The molecule has 17 heavy (non-hydrogen) atoms. The highest BCUT2D eigenvalue weighted by Crippen LogP contribution is 2.22. The molecule has 1 aromatic rings. The minimum absolute atomic E-state index is 0.220. The van der Waals surface area contributed by atoms with E-state index in [-0.39, 0.29) is 5.56 Å². The van der Waals surface area contributed by atoms with E-state index in [9.17, 15) is 4.79 Å². The third-order valence-electron chi connectivity index (χ3n) is 3.13. The van der Waals surface area contributed by atoms with Gasteiger partial charge in [0.05, 0.1) is 18.0 Å². The fourth-order valence-electron chi connectivity index (χ4n) is 1.84. The largest absolute Gasteiger partial charge is 0.381 e. The number of nitriles is 1. The summed E-state index contributed by atoms with van der Waals surface area (Å²) in [6, 6.07) is 3.60. The minimum Gasteiger partial charge on any atom is -0.381 e. The predicted octanol–water partition coefficient (Wildman–Crippen LogP) is 1.68. The molecule has 2 rings (SSSR count). The SMILES string of the molecule is CCC(C#N)n1ncc(NC2CCC2)cc1=O. The van der Waals surface area contributed by atoms with Gasteiger partial charge >= 0.3 is 0 Å². The van der Waals surface area contributed by atoms with Gasteiger partial charge in [0.2, 0.25) is 0 Å². The Morgan fingerprint density at radius 1 is 1.71 bits per heavy atom. The van der Waals surface area contributed by atoms with Crippen molar-refractivity contribution < 1.29 is 0 Å². The molecule has 1 atom stereocenters. The summed E-state index contributed by atoms with van der Waals surface area (Å²) >= 11 is 0. The highest BCUT2D eigenvalue weighted by Gasteiger charge is 2.17. The zero-order chi connectivity index (χ0) is 12.3. The van der Waals surface area contributed by atoms with E-state index in [1.807, 2.05) is 6.92 Å². The third kappa shape index (κ3) is 2.47. The second kappa shape index (κ2) is 5.00. The van der Waals surface area contributed by atoms with Gasteiger partial charge in [-0.25, -0.2) is 4.68 Å². The number of hydrogen-bond donors (Lipinski definition) is 1. The molecule has 1 fully saturated rings. The Morgan fingerprint density at radius 2 is 2.47 bits per heavy atom. The minimum atomic E-state index is -0.472. The molecule has 1 heterocycles. The summed E-state index contributed by atoms with van der Waals surface area (Å²) in [5.41, 5.74) is 0.534. The van der Waals surface area contributed by atoms with Crippen LogP contribution >= 0.6 is 0 Å². The van der Waals surface area contributed by atoms with Crippen molar-refractivity contribution in [1.82, 2.24) is 9.78 Å². The van der Waals surface area contributed by atoms with Gasteiger partial charge in [-0.05, 0) is 25.7 Å². The van der Waals surface area contributed by atoms with Crippen molar-refractivity contribution in [3.8, 4) is 6.07 Å². The van der Waals surface area contributed by atoms with E-state index < -0.39 is 6.04 Å². The number of nitrogens with one attached hydrogen (secondary N) is 1. The summed E-state index contributed by atoms with van der Waals surface area (Å²) in [6.07, 6.45) is 5.75. The zero-order valence-corrected chi connectivity index (χ0v) is 9.89. The Morgan fingerprint density at radius 3 is 2.94 bits per heavy atom. The highest BCUT2D eigenvalue weighted by atomic mass is 16.1. The molecule has 0 saturated heterocycles. The summed E-state index contributed by atoms with van der Waals surface area (Å²) in [6.45, 7) is 1.86. The predicted molar refractivity (Wildman–Crippen MR) is 64.7 cm³/mol. The first-order chi connectivity index (χ1) is 8.24. The van der Waals surface area contributed by atoms with E-state index in [0.717, 1.165) is 18.5 Å². The van der Waals surface area contributed by atoms with E-state index in [1.54, 1.807) is 6.20 Å². The zero-order valence-electron chi connectivity index (χ0n) is 9.89. The molecule has 1 aliphatic carbocycles. The van der Waals surface area contributed by atoms with Crippen molar-refractivity contribution in [3.05, 3.63) is 22.6 Å². The molecule has 0 radical (unpaired) electrons. The van der Waals surface area contributed by atoms with Crippen molar-refractivity contribution in [2.24, 2.45) is 0 Å². The number of rotatable bonds is 4. The normalized spacial score (nSPS) is 16.9. The van der Waals surface area contributed by atoms with Gasteiger partial charge in [-0.1, -0.05) is 6.92 Å². The molecule has 5 heteroatoms. The van der Waals surface area contributed by atoms with Crippen LogP contribution in [-0.2, 0) is 0 Å². The van der Waals surface area contributed by atoms with Gasteiger partial charge in [0, 0.05) is 12.1 Å². The molecule has 0 amide bonds. The first-order valence-corrected chi connectivity index (χ1v) is 5.99. The van der Waals surface area contributed by atoms with Crippen LogP contribution in [0.4, 0.5) is 5.69 Å². The summed E-state index contributed by atoms with van der Waals surface area (Å²) in [5, 5.41) is 16.2. The summed E-state index contributed by atoms with van der Waals surface area (Å²) in [4.78, 5) is 11.8. The van der Waals surface area contributed by atoms with Gasteiger partial charge in [-0.15, -0.1) is 0 Å². The molecule has 1 aliphatic rings. The fourth-order valence-corrected chi connectivity index (χ4v) is 1.84. The van der Waals surface area contributed by atoms with Crippen LogP contribution in [0.5, 0.6) is 0 Å². The van der Waals surface area contributed by atoms with Crippen LogP contribution in [-0.4, -0.2) is 15.8 Å². The summed E-state index contributed by atoms with van der Waals surface area (Å²) in [7, 11) is 0. The quantitative estimate of drug-likeness (QED) is 0.857. The molecule has 0 aromatic carbocycles. The molecule has 0 aliphatic heterocycles. The molecular formula is C12H16N4O. The van der Waals surface area contributed by atoms with Crippen molar-refractivity contribution in [3.63, 3.8) is 0 Å². The lowest BCUT2D eigenvalue weighted by molar-refractivity contribution is 0.444. The first kappa shape index (κ1) is 11.6. The number of aromatic nitrogens is 2. The second-order valence-electron chi connectivity index (χ2n) is 4.35. The van der Waals surface area contributed by atoms with Gasteiger partial charge in [0.25, 0.3) is 5.56 Å². The maximum atomic E-state index is 11.8. The van der Waals surface area contributed by atoms with Crippen molar-refractivity contribution in [1.29, 1.82) is 5.26 Å². The molecule has 90 valence electrons. The third-order valence-corrected chi connectivity index (χ3v) is 3.13. The Hall–Kier alpha value is -1.83. The number of nitrogens with zero attached hydrogens (tertiary/aromatic N) is 3. The van der Waals surface area contributed by atoms with Gasteiger partial charge < -0.3 is 5.32 Å². The summed E-state index contributed by atoms with van der Waals surface area (Å²) in [5.74, 6) is 0. The van der Waals surface area contributed by atoms with Crippen molar-refractivity contribution >= 4 is 5.69 Å². The van der Waals surface area contributed by atoms with Crippen LogP contribution in [0.1, 0.15) is 38.6 Å². The second-order valence-corrected chi connectivity index (χ2v) is 4.35. The Kier molecular flexibility index (Phi) is 3.43. The average molecular weight is 232 g/mol. The van der Waals surface area contributed by atoms with Crippen molar-refractivity contribution in [2.45, 2.75) is 44.7 Å². The average Bonchev–Trinajstić information content (AvgIpc) is 2.28.